The van der Waals surface area contributed by atoms with Gasteiger partial charge in [0.25, 0.3) is 0 Å². The Bertz CT molecular complexity index is 757. The van der Waals surface area contributed by atoms with Crippen molar-refractivity contribution in [3.05, 3.63) is 95.6 Å². The molecule has 0 heterocycles. The molecule has 0 saturated carbocycles. The third-order valence-electron chi connectivity index (χ3n) is 4.78. The Labute approximate surface area is 132 Å². The van der Waals surface area contributed by atoms with Crippen molar-refractivity contribution in [2.45, 2.75) is 13.3 Å². The van der Waals surface area contributed by atoms with E-state index in [1.165, 1.54) is 34.3 Å². The molecule has 0 aromatic heterocycles. The Kier molecular flexibility index (Phi) is 3.31. The van der Waals surface area contributed by atoms with Crippen LogP contribution in [0.1, 0.15) is 23.1 Å². The highest BCUT2D eigenvalue weighted by Crippen LogP contribution is 2.49. The van der Waals surface area contributed by atoms with Crippen molar-refractivity contribution >= 4 is 11.1 Å². The number of rotatable bonds is 2. The van der Waals surface area contributed by atoms with Gasteiger partial charge >= 0.3 is 0 Å². The van der Waals surface area contributed by atoms with Gasteiger partial charge in [0.05, 0.1) is 0 Å². The Morgan fingerprint density at radius 2 is 1.23 bits per heavy atom. The molecule has 1 unspecified atom stereocenters. The minimum atomic E-state index is 0.526. The van der Waals surface area contributed by atoms with E-state index in [-0.39, 0.29) is 0 Å². The van der Waals surface area contributed by atoms with Gasteiger partial charge in [-0.2, -0.15) is 0 Å². The molecule has 0 fully saturated rings. The number of hydrogen-bond acceptors (Lipinski definition) is 0. The van der Waals surface area contributed by atoms with E-state index in [9.17, 15) is 0 Å². The smallest absolute Gasteiger partial charge is 0.00390 e. The van der Waals surface area contributed by atoms with Crippen molar-refractivity contribution in [2.75, 3.05) is 0 Å². The molecular weight excluding hydrogens is 264 g/mol. The van der Waals surface area contributed by atoms with Crippen LogP contribution in [0, 0.1) is 18.8 Å². The summed E-state index contributed by atoms with van der Waals surface area (Å²) in [6.07, 6.45) is 10.3. The highest BCUT2D eigenvalue weighted by Gasteiger charge is 2.32. The van der Waals surface area contributed by atoms with E-state index < -0.39 is 0 Å². The zero-order valence-corrected chi connectivity index (χ0v) is 12.9. The second kappa shape index (κ2) is 5.46. The topological polar surface area (TPSA) is 0 Å². The fraction of sp³-hybridized carbons (Fsp3) is 0.182. The summed E-state index contributed by atoms with van der Waals surface area (Å²) in [6.45, 7) is 2.15. The Morgan fingerprint density at radius 1 is 0.682 bits per heavy atom. The van der Waals surface area contributed by atoms with Crippen molar-refractivity contribution in [1.29, 1.82) is 0 Å². The van der Waals surface area contributed by atoms with Crippen molar-refractivity contribution in [3.63, 3.8) is 0 Å². The van der Waals surface area contributed by atoms with Crippen molar-refractivity contribution in [1.82, 2.24) is 0 Å². The normalized spacial score (nSPS) is 23.0. The SMILES string of the molecule is Cc1ccc(C2=C(c3ccccc3)[C@@H]3C=CC=CC2C3)cc1. The molecule has 2 aromatic carbocycles. The first-order valence-electron chi connectivity index (χ1n) is 8.04. The number of allylic oxidation sites excluding steroid dienone is 6. The molecule has 0 heteroatoms. The molecule has 2 atom stereocenters. The Hall–Kier alpha value is -2.34. The molecule has 0 spiro atoms. The van der Waals surface area contributed by atoms with Crippen molar-refractivity contribution < 1.29 is 0 Å². The highest BCUT2D eigenvalue weighted by atomic mass is 14.4. The largest absolute Gasteiger partial charge is 0.0770 e. The first-order valence-corrected chi connectivity index (χ1v) is 8.04. The number of benzene rings is 2. The van der Waals surface area contributed by atoms with Gasteiger partial charge < -0.3 is 0 Å². The van der Waals surface area contributed by atoms with Crippen LogP contribution in [0.15, 0.2) is 78.9 Å². The van der Waals surface area contributed by atoms with Crippen LogP contribution in [-0.4, -0.2) is 0 Å². The van der Waals surface area contributed by atoms with Crippen LogP contribution in [0.4, 0.5) is 0 Å². The highest BCUT2D eigenvalue weighted by molar-refractivity contribution is 5.96. The van der Waals surface area contributed by atoms with Gasteiger partial charge in [-0.05, 0) is 35.6 Å². The summed E-state index contributed by atoms with van der Waals surface area (Å²) in [6, 6.07) is 19.9. The monoisotopic (exact) mass is 284 g/mol. The maximum absolute atomic E-state index is 2.36. The van der Waals surface area contributed by atoms with Crippen LogP contribution >= 0.6 is 0 Å². The molecule has 4 rings (SSSR count). The summed E-state index contributed by atoms with van der Waals surface area (Å²) >= 11 is 0. The molecule has 0 amide bonds. The van der Waals surface area contributed by atoms with Gasteiger partial charge in [-0.3, -0.25) is 0 Å². The van der Waals surface area contributed by atoms with E-state index in [2.05, 4.69) is 85.8 Å². The van der Waals surface area contributed by atoms with E-state index in [4.69, 9.17) is 0 Å². The first kappa shape index (κ1) is 13.3. The van der Waals surface area contributed by atoms with E-state index in [0.29, 0.717) is 11.8 Å². The lowest BCUT2D eigenvalue weighted by atomic mass is 9.89. The summed E-state index contributed by atoms with van der Waals surface area (Å²) in [5.41, 5.74) is 7.08. The number of fused-ring (bicyclic) bond motifs is 2. The second-order valence-electron chi connectivity index (χ2n) is 6.28. The molecule has 2 aromatic rings. The van der Waals surface area contributed by atoms with Gasteiger partial charge in [0.15, 0.2) is 0 Å². The fourth-order valence-electron chi connectivity index (χ4n) is 3.74. The van der Waals surface area contributed by atoms with Gasteiger partial charge in [0.2, 0.25) is 0 Å². The van der Waals surface area contributed by atoms with E-state index in [0.717, 1.165) is 0 Å². The lowest BCUT2D eigenvalue weighted by molar-refractivity contribution is 0.697. The predicted molar refractivity (Wildman–Crippen MR) is 94.3 cm³/mol. The molecule has 22 heavy (non-hydrogen) atoms. The summed E-state index contributed by atoms with van der Waals surface area (Å²) in [5.74, 6) is 1.05. The van der Waals surface area contributed by atoms with Crippen molar-refractivity contribution in [2.24, 2.45) is 11.8 Å². The second-order valence-corrected chi connectivity index (χ2v) is 6.28. The quantitative estimate of drug-likeness (QED) is 0.666. The molecule has 0 saturated heterocycles. The predicted octanol–water partition coefficient (Wildman–Crippen LogP) is 5.67. The van der Waals surface area contributed by atoms with Crippen LogP contribution in [0.25, 0.3) is 11.1 Å². The third kappa shape index (κ3) is 2.25. The van der Waals surface area contributed by atoms with E-state index >= 15 is 0 Å². The number of aryl methyl sites for hydroxylation is 1. The maximum Gasteiger partial charge on any atom is 0.00390 e. The van der Waals surface area contributed by atoms with Gasteiger partial charge in [0, 0.05) is 11.8 Å². The Balaban J connectivity index is 1.93. The molecule has 0 aliphatic heterocycles. The lowest BCUT2D eigenvalue weighted by Gasteiger charge is -2.15. The lowest BCUT2D eigenvalue weighted by Crippen LogP contribution is -1.96. The molecular formula is C22H20. The molecule has 2 aliphatic rings. The molecule has 0 nitrogen and oxygen atoms in total. The minimum absolute atomic E-state index is 0.526. The van der Waals surface area contributed by atoms with Crippen LogP contribution < -0.4 is 0 Å². The van der Waals surface area contributed by atoms with Crippen LogP contribution in [0.5, 0.6) is 0 Å². The number of hydrogen-bond donors (Lipinski definition) is 0. The molecule has 2 aliphatic carbocycles. The first-order chi connectivity index (χ1) is 10.8. The van der Waals surface area contributed by atoms with Crippen molar-refractivity contribution in [3.8, 4) is 0 Å². The average Bonchev–Trinajstić information content (AvgIpc) is 2.73. The zero-order chi connectivity index (χ0) is 14.9. The fourth-order valence-corrected chi connectivity index (χ4v) is 3.74. The molecule has 2 bridgehead atoms. The average molecular weight is 284 g/mol. The summed E-state index contributed by atoms with van der Waals surface area (Å²) in [4.78, 5) is 0. The van der Waals surface area contributed by atoms with Crippen LogP contribution in [-0.2, 0) is 0 Å². The molecule has 0 radical (unpaired) electrons. The minimum Gasteiger partial charge on any atom is -0.0770 e. The standard InChI is InChI=1S/C22H20/c1-16-11-13-18(14-12-16)22-20-10-6-5-9-19(15-20)21(22)17-7-3-2-4-8-17/h2-14,19-20H,15H2,1H3/t19-,20?/m1/s1. The van der Waals surface area contributed by atoms with Gasteiger partial charge in [-0.25, -0.2) is 0 Å². The summed E-state index contributed by atoms with van der Waals surface area (Å²) < 4.78 is 0. The van der Waals surface area contributed by atoms with E-state index in [1.54, 1.807) is 0 Å². The summed E-state index contributed by atoms with van der Waals surface area (Å²) in [7, 11) is 0. The maximum atomic E-state index is 2.36. The third-order valence-corrected chi connectivity index (χ3v) is 4.78. The van der Waals surface area contributed by atoms with Gasteiger partial charge in [-0.15, -0.1) is 0 Å². The van der Waals surface area contributed by atoms with Crippen LogP contribution in [0.2, 0.25) is 0 Å². The molecule has 108 valence electrons. The van der Waals surface area contributed by atoms with Crippen LogP contribution in [0.3, 0.4) is 0 Å². The van der Waals surface area contributed by atoms with Gasteiger partial charge in [0.1, 0.15) is 0 Å². The van der Waals surface area contributed by atoms with Gasteiger partial charge in [-0.1, -0.05) is 84.5 Å². The zero-order valence-electron chi connectivity index (χ0n) is 12.9. The Morgan fingerprint density at radius 3 is 1.82 bits per heavy atom. The van der Waals surface area contributed by atoms with E-state index in [1.807, 2.05) is 0 Å². The summed E-state index contributed by atoms with van der Waals surface area (Å²) in [5, 5.41) is 0. The molecule has 0 N–H and O–H groups in total.